The lowest BCUT2D eigenvalue weighted by Crippen LogP contribution is -2.60. The van der Waals surface area contributed by atoms with E-state index < -0.39 is 90.8 Å². The molecular formula is C38H48N8O10. The molecule has 0 saturated carbocycles. The van der Waals surface area contributed by atoms with Gasteiger partial charge in [0.15, 0.2) is 0 Å². The van der Waals surface area contributed by atoms with Crippen molar-refractivity contribution in [3.63, 3.8) is 0 Å². The van der Waals surface area contributed by atoms with Crippen LogP contribution >= 0.6 is 0 Å². The Balaban J connectivity index is 1.59. The number of carboxylic acids is 2. The molecular weight excluding hydrogens is 728 g/mol. The van der Waals surface area contributed by atoms with Gasteiger partial charge in [-0.05, 0) is 42.5 Å². The van der Waals surface area contributed by atoms with Crippen LogP contribution in [0, 0.1) is 5.92 Å². The number of aliphatic carboxylic acids is 2. The van der Waals surface area contributed by atoms with Crippen molar-refractivity contribution in [1.82, 2.24) is 36.6 Å². The summed E-state index contributed by atoms with van der Waals surface area (Å²) >= 11 is 0. The van der Waals surface area contributed by atoms with E-state index in [-0.39, 0.29) is 25.2 Å². The number of aromatic nitrogens is 2. The number of aliphatic hydroxyl groups excluding tert-OH is 1. The second kappa shape index (κ2) is 19.4. The molecule has 0 spiro atoms. The summed E-state index contributed by atoms with van der Waals surface area (Å²) in [5.74, 6) is -7.31. The van der Waals surface area contributed by atoms with Crippen LogP contribution in [0.25, 0.3) is 21.8 Å². The first-order valence-corrected chi connectivity index (χ1v) is 18.0. The Labute approximate surface area is 321 Å². The monoisotopic (exact) mass is 776 g/mol. The molecule has 4 aromatic rings. The van der Waals surface area contributed by atoms with Gasteiger partial charge in [-0.3, -0.25) is 33.6 Å². The van der Waals surface area contributed by atoms with Gasteiger partial charge in [-0.2, -0.15) is 0 Å². The number of hydrogen-bond donors (Lipinski definition) is 11. The number of aromatic amines is 2. The number of amides is 5. The van der Waals surface area contributed by atoms with E-state index in [4.69, 9.17) is 5.73 Å². The molecule has 5 amide bonds. The first-order valence-electron chi connectivity index (χ1n) is 18.0. The number of nitrogens with two attached hydrogens (primary N) is 1. The summed E-state index contributed by atoms with van der Waals surface area (Å²) in [7, 11) is 0. The minimum absolute atomic E-state index is 0.0231. The zero-order valence-electron chi connectivity index (χ0n) is 31.1. The predicted octanol–water partition coefficient (Wildman–Crippen LogP) is -0.197. The molecule has 2 aromatic carbocycles. The first-order chi connectivity index (χ1) is 26.6. The molecule has 300 valence electrons. The van der Waals surface area contributed by atoms with Gasteiger partial charge < -0.3 is 57.6 Å². The fraction of sp³-hybridized carbons (Fsp3) is 0.395. The molecule has 56 heavy (non-hydrogen) atoms. The number of carbonyl (C=O) groups excluding carboxylic acids is 5. The van der Waals surface area contributed by atoms with Gasteiger partial charge in [0, 0.05) is 47.0 Å². The predicted molar refractivity (Wildman–Crippen MR) is 204 cm³/mol. The number of fused-ring (bicyclic) bond motifs is 2. The van der Waals surface area contributed by atoms with Gasteiger partial charge in [-0.25, -0.2) is 0 Å². The minimum atomic E-state index is -1.68. The largest absolute Gasteiger partial charge is 0.481 e. The molecule has 6 atom stereocenters. The van der Waals surface area contributed by atoms with Crippen LogP contribution in [-0.4, -0.2) is 110 Å². The molecule has 18 heteroatoms. The lowest BCUT2D eigenvalue weighted by molar-refractivity contribution is -0.142. The molecule has 12 N–H and O–H groups in total. The second-order valence-electron chi connectivity index (χ2n) is 14.0. The van der Waals surface area contributed by atoms with Gasteiger partial charge in [-0.1, -0.05) is 50.2 Å². The van der Waals surface area contributed by atoms with E-state index in [2.05, 4.69) is 36.6 Å². The molecule has 0 fully saturated rings. The smallest absolute Gasteiger partial charge is 0.325 e. The van der Waals surface area contributed by atoms with Gasteiger partial charge in [0.05, 0.1) is 19.1 Å². The maximum Gasteiger partial charge on any atom is 0.325 e. The highest BCUT2D eigenvalue weighted by Gasteiger charge is 2.34. The van der Waals surface area contributed by atoms with Gasteiger partial charge >= 0.3 is 11.9 Å². The number of carboxylic acid groups (broad SMARTS) is 2. The number of H-pyrrole nitrogens is 2. The van der Waals surface area contributed by atoms with Gasteiger partial charge in [0.25, 0.3) is 0 Å². The van der Waals surface area contributed by atoms with Crippen LogP contribution in [-0.2, 0) is 46.4 Å². The minimum Gasteiger partial charge on any atom is -0.481 e. The SMILES string of the molecule is CC(C)C[C@H](N)C(=O)N[C@@H](CC(=O)O)C(=O)N[C@@H](Cc1c[nH]c2ccccc12)C(=O)N[C@@H](CO)C(=O)N[C@@H](Cc1c[nH]c2ccccc12)C(=O)N[C@@H](C)C(=O)O. The summed E-state index contributed by atoms with van der Waals surface area (Å²) in [6, 6.07) is 5.79. The maximum absolute atomic E-state index is 14.0. The van der Waals surface area contributed by atoms with E-state index >= 15 is 0 Å². The van der Waals surface area contributed by atoms with E-state index in [1.165, 1.54) is 6.92 Å². The van der Waals surface area contributed by atoms with Crippen molar-refractivity contribution in [3.05, 3.63) is 72.1 Å². The number of para-hydroxylation sites is 2. The molecule has 2 heterocycles. The summed E-state index contributed by atoms with van der Waals surface area (Å²) in [5, 5.41) is 42.8. The average molecular weight is 777 g/mol. The molecule has 2 aromatic heterocycles. The van der Waals surface area contributed by atoms with Crippen LogP contribution in [0.2, 0.25) is 0 Å². The van der Waals surface area contributed by atoms with Crippen LogP contribution in [0.4, 0.5) is 0 Å². The van der Waals surface area contributed by atoms with Crippen LogP contribution in [0.3, 0.4) is 0 Å². The molecule has 0 bridgehead atoms. The van der Waals surface area contributed by atoms with E-state index in [0.717, 1.165) is 10.9 Å². The lowest BCUT2D eigenvalue weighted by Gasteiger charge is -2.26. The van der Waals surface area contributed by atoms with Crippen molar-refractivity contribution in [3.8, 4) is 0 Å². The van der Waals surface area contributed by atoms with Crippen LogP contribution in [0.15, 0.2) is 60.9 Å². The van der Waals surface area contributed by atoms with E-state index in [1.54, 1.807) is 60.9 Å². The topological polar surface area (TPSA) is 298 Å². The third kappa shape index (κ3) is 11.4. The second-order valence-corrected chi connectivity index (χ2v) is 14.0. The van der Waals surface area contributed by atoms with E-state index in [9.17, 15) is 48.9 Å². The summed E-state index contributed by atoms with van der Waals surface area (Å²) in [6.07, 6.45) is 2.39. The molecule has 4 rings (SSSR count). The standard InChI is InChI=1S/C38H48N8O10/c1-19(2)12-25(39)33(50)43-30(15-32(48)49)36(53)44-29(14-22-17-41-27-11-7-5-9-24(22)27)35(52)46-31(18-47)37(54)45-28(34(51)42-20(3)38(55)56)13-21-16-40-26-10-6-4-8-23(21)26/h4-11,16-17,19-20,25,28-31,40-41,47H,12-15,18,39H2,1-3H3,(H,42,51)(H,43,50)(H,44,53)(H,45,54)(H,46,52)(H,48,49)(H,55,56)/t20-,25-,28-,29-,30-,31-/m0/s1. The Bertz CT molecular complexity index is 2060. The average Bonchev–Trinajstić information content (AvgIpc) is 3.75. The number of nitrogens with one attached hydrogen (secondary N) is 7. The molecule has 0 aliphatic heterocycles. The number of rotatable bonds is 20. The summed E-state index contributed by atoms with van der Waals surface area (Å²) in [4.78, 5) is 96.8. The van der Waals surface area contributed by atoms with Crippen molar-refractivity contribution < 1.29 is 48.9 Å². The first kappa shape index (κ1) is 42.5. The fourth-order valence-corrected chi connectivity index (χ4v) is 6.12. The molecule has 0 aliphatic carbocycles. The number of benzene rings is 2. The summed E-state index contributed by atoms with van der Waals surface area (Å²) in [5.41, 5.74) is 8.61. The molecule has 0 saturated heterocycles. The highest BCUT2D eigenvalue weighted by molar-refractivity contribution is 5.98. The highest BCUT2D eigenvalue weighted by atomic mass is 16.4. The Morgan fingerprint density at radius 1 is 0.625 bits per heavy atom. The number of hydrogen-bond acceptors (Lipinski definition) is 9. The van der Waals surface area contributed by atoms with Crippen LogP contribution < -0.4 is 32.3 Å². The van der Waals surface area contributed by atoms with Crippen molar-refractivity contribution in [1.29, 1.82) is 0 Å². The van der Waals surface area contributed by atoms with E-state index in [0.29, 0.717) is 22.0 Å². The molecule has 0 unspecified atom stereocenters. The summed E-state index contributed by atoms with van der Waals surface area (Å²) in [6.45, 7) is 3.96. The third-order valence-electron chi connectivity index (χ3n) is 9.08. The Morgan fingerprint density at radius 3 is 1.52 bits per heavy atom. The third-order valence-corrected chi connectivity index (χ3v) is 9.08. The van der Waals surface area contributed by atoms with Crippen molar-refractivity contribution in [2.24, 2.45) is 11.7 Å². The van der Waals surface area contributed by atoms with Crippen molar-refractivity contribution >= 4 is 63.3 Å². The van der Waals surface area contributed by atoms with Crippen molar-refractivity contribution in [2.45, 2.75) is 82.7 Å². The van der Waals surface area contributed by atoms with E-state index in [1.807, 2.05) is 13.8 Å². The highest BCUT2D eigenvalue weighted by Crippen LogP contribution is 2.21. The zero-order chi connectivity index (χ0) is 41.1. The fourth-order valence-electron chi connectivity index (χ4n) is 6.12. The quantitative estimate of drug-likeness (QED) is 0.0559. The van der Waals surface area contributed by atoms with Gasteiger partial charge in [0.1, 0.15) is 30.2 Å². The van der Waals surface area contributed by atoms with Crippen LogP contribution in [0.5, 0.6) is 0 Å². The Kier molecular flexibility index (Phi) is 14.7. The van der Waals surface area contributed by atoms with Crippen molar-refractivity contribution in [2.75, 3.05) is 6.61 Å². The van der Waals surface area contributed by atoms with Gasteiger partial charge in [0.2, 0.25) is 29.5 Å². The molecule has 0 aliphatic rings. The number of carbonyl (C=O) groups is 7. The molecule has 18 nitrogen and oxygen atoms in total. The Hall–Kier alpha value is -6.27. The lowest BCUT2D eigenvalue weighted by atomic mass is 10.0. The number of aliphatic hydroxyl groups is 1. The molecule has 0 radical (unpaired) electrons. The van der Waals surface area contributed by atoms with Gasteiger partial charge in [-0.15, -0.1) is 0 Å². The zero-order valence-corrected chi connectivity index (χ0v) is 31.1. The maximum atomic E-state index is 14.0. The summed E-state index contributed by atoms with van der Waals surface area (Å²) < 4.78 is 0. The van der Waals surface area contributed by atoms with Crippen LogP contribution in [0.1, 0.15) is 44.7 Å². The normalized spacial score (nSPS) is 14.5. The Morgan fingerprint density at radius 2 is 1.05 bits per heavy atom.